The molecule has 3 unspecified atom stereocenters. The fraction of sp³-hybridized carbons (Fsp3) is 0.600. The van der Waals surface area contributed by atoms with Crippen LogP contribution in [0.25, 0.3) is 0 Å². The molecule has 1 aromatic rings. The summed E-state index contributed by atoms with van der Waals surface area (Å²) in [4.78, 5) is 27.8. The van der Waals surface area contributed by atoms with Gasteiger partial charge in [-0.15, -0.1) is 12.4 Å². The van der Waals surface area contributed by atoms with E-state index in [9.17, 15) is 9.59 Å². The first kappa shape index (κ1) is 20.7. The fourth-order valence-corrected chi connectivity index (χ4v) is 4.28. The zero-order valence-electron chi connectivity index (χ0n) is 15.4. The van der Waals surface area contributed by atoms with Crippen molar-refractivity contribution < 1.29 is 9.59 Å². The Bertz CT molecular complexity index is 596. The van der Waals surface area contributed by atoms with E-state index in [1.54, 1.807) is 0 Å². The van der Waals surface area contributed by atoms with E-state index in [-0.39, 0.29) is 36.3 Å². The lowest BCUT2D eigenvalue weighted by Gasteiger charge is -2.33. The van der Waals surface area contributed by atoms with Crippen LogP contribution in [0.1, 0.15) is 49.4 Å². The van der Waals surface area contributed by atoms with Crippen LogP contribution < -0.4 is 10.6 Å². The number of carbonyl (C=O) groups is 2. The third-order valence-corrected chi connectivity index (χ3v) is 5.50. The molecule has 1 saturated heterocycles. The van der Waals surface area contributed by atoms with Crippen molar-refractivity contribution in [1.82, 2.24) is 15.5 Å². The molecular weight excluding hydrogens is 350 g/mol. The van der Waals surface area contributed by atoms with Gasteiger partial charge in [-0.2, -0.15) is 0 Å². The number of benzene rings is 1. The van der Waals surface area contributed by atoms with Gasteiger partial charge in [-0.25, -0.2) is 0 Å². The minimum atomic E-state index is -0.331. The normalized spacial score (nSPS) is 24.5. The molecule has 1 aromatic carbocycles. The average molecular weight is 380 g/mol. The summed E-state index contributed by atoms with van der Waals surface area (Å²) < 4.78 is 0. The summed E-state index contributed by atoms with van der Waals surface area (Å²) in [6, 6.07) is 9.25. The van der Waals surface area contributed by atoms with Gasteiger partial charge in [0.05, 0.1) is 0 Å². The number of likely N-dealkylation sites (N-methyl/N-ethyl adjacent to an activating group) is 1. The Hall–Kier alpha value is -1.59. The maximum absolute atomic E-state index is 13.1. The van der Waals surface area contributed by atoms with Crippen molar-refractivity contribution in [2.24, 2.45) is 5.92 Å². The summed E-state index contributed by atoms with van der Waals surface area (Å²) >= 11 is 0. The summed E-state index contributed by atoms with van der Waals surface area (Å²) in [5.74, 6) is 0.462. The highest BCUT2D eigenvalue weighted by atomic mass is 35.5. The molecule has 0 radical (unpaired) electrons. The SMILES string of the molecule is CCNCCNC(=O)C1CC2CCCCC2N1C(=O)c1ccccc1.Cl. The Balaban J connectivity index is 0.00000243. The summed E-state index contributed by atoms with van der Waals surface area (Å²) in [6.45, 7) is 4.30. The molecule has 1 aliphatic carbocycles. The highest BCUT2D eigenvalue weighted by Crippen LogP contribution is 2.40. The molecule has 3 atom stereocenters. The molecule has 26 heavy (non-hydrogen) atoms. The minimum absolute atomic E-state index is 0. The fourth-order valence-electron chi connectivity index (χ4n) is 4.28. The van der Waals surface area contributed by atoms with Crippen molar-refractivity contribution in [3.63, 3.8) is 0 Å². The molecule has 1 heterocycles. The molecule has 5 nitrogen and oxygen atoms in total. The first-order valence-corrected chi connectivity index (χ1v) is 9.58. The molecule has 2 N–H and O–H groups in total. The van der Waals surface area contributed by atoms with Crippen molar-refractivity contribution in [3.05, 3.63) is 35.9 Å². The molecule has 1 saturated carbocycles. The van der Waals surface area contributed by atoms with Gasteiger partial charge in [0, 0.05) is 24.7 Å². The van der Waals surface area contributed by atoms with Gasteiger partial charge < -0.3 is 15.5 Å². The van der Waals surface area contributed by atoms with E-state index in [2.05, 4.69) is 10.6 Å². The Kier molecular flexibility index (Phi) is 7.91. The van der Waals surface area contributed by atoms with Gasteiger partial charge >= 0.3 is 0 Å². The van der Waals surface area contributed by atoms with Crippen LogP contribution in [0.15, 0.2) is 30.3 Å². The molecule has 0 aromatic heterocycles. The van der Waals surface area contributed by atoms with Crippen LogP contribution in [0.4, 0.5) is 0 Å². The number of rotatable bonds is 6. The largest absolute Gasteiger partial charge is 0.353 e. The molecule has 2 amide bonds. The molecule has 1 aliphatic heterocycles. The number of nitrogens with zero attached hydrogens (tertiary/aromatic N) is 1. The lowest BCUT2D eigenvalue weighted by molar-refractivity contribution is -0.125. The summed E-state index contributed by atoms with van der Waals surface area (Å²) in [6.07, 6.45) is 5.31. The molecule has 6 heteroatoms. The van der Waals surface area contributed by atoms with Crippen LogP contribution in [-0.2, 0) is 4.79 Å². The number of nitrogens with one attached hydrogen (secondary N) is 2. The zero-order chi connectivity index (χ0) is 17.6. The summed E-state index contributed by atoms with van der Waals surface area (Å²) in [7, 11) is 0. The summed E-state index contributed by atoms with van der Waals surface area (Å²) in [5, 5.41) is 6.22. The summed E-state index contributed by atoms with van der Waals surface area (Å²) in [5.41, 5.74) is 0.680. The van der Waals surface area contributed by atoms with E-state index >= 15 is 0 Å². The van der Waals surface area contributed by atoms with E-state index in [0.29, 0.717) is 18.0 Å². The number of hydrogen-bond acceptors (Lipinski definition) is 3. The lowest BCUT2D eigenvalue weighted by Crippen LogP contribution is -2.50. The highest BCUT2D eigenvalue weighted by molar-refractivity contribution is 5.98. The predicted molar refractivity (Wildman–Crippen MR) is 106 cm³/mol. The van der Waals surface area contributed by atoms with Gasteiger partial charge in [-0.3, -0.25) is 9.59 Å². The molecule has 3 rings (SSSR count). The van der Waals surface area contributed by atoms with E-state index in [4.69, 9.17) is 0 Å². The second kappa shape index (κ2) is 9.93. The zero-order valence-corrected chi connectivity index (χ0v) is 16.3. The van der Waals surface area contributed by atoms with Crippen molar-refractivity contribution in [2.75, 3.05) is 19.6 Å². The number of likely N-dealkylation sites (tertiary alicyclic amines) is 1. The quantitative estimate of drug-likeness (QED) is 0.747. The predicted octanol–water partition coefficient (Wildman–Crippen LogP) is 2.61. The van der Waals surface area contributed by atoms with Crippen molar-refractivity contribution >= 4 is 24.2 Å². The molecule has 2 aliphatic rings. The van der Waals surface area contributed by atoms with Gasteiger partial charge in [0.2, 0.25) is 5.91 Å². The molecule has 0 bridgehead atoms. The van der Waals surface area contributed by atoms with Gasteiger partial charge in [-0.05, 0) is 43.9 Å². The highest BCUT2D eigenvalue weighted by Gasteiger charge is 2.47. The topological polar surface area (TPSA) is 61.4 Å². The van der Waals surface area contributed by atoms with Gasteiger partial charge in [0.1, 0.15) is 6.04 Å². The second-order valence-electron chi connectivity index (χ2n) is 7.09. The number of hydrogen-bond donors (Lipinski definition) is 2. The molecule has 2 fully saturated rings. The molecule has 0 spiro atoms. The molecular formula is C20H30ClN3O2. The maximum Gasteiger partial charge on any atom is 0.254 e. The van der Waals surface area contributed by atoms with Crippen LogP contribution >= 0.6 is 12.4 Å². The average Bonchev–Trinajstić information content (AvgIpc) is 3.05. The second-order valence-corrected chi connectivity index (χ2v) is 7.09. The van der Waals surface area contributed by atoms with Crippen LogP contribution in [0, 0.1) is 5.92 Å². The first-order chi connectivity index (χ1) is 12.2. The van der Waals surface area contributed by atoms with Gasteiger partial charge in [0.15, 0.2) is 0 Å². The maximum atomic E-state index is 13.1. The van der Waals surface area contributed by atoms with Crippen LogP contribution in [0.3, 0.4) is 0 Å². The van der Waals surface area contributed by atoms with Gasteiger partial charge in [-0.1, -0.05) is 38.0 Å². The Labute approximate surface area is 162 Å². The van der Waals surface area contributed by atoms with Gasteiger partial charge in [0.25, 0.3) is 5.91 Å². The van der Waals surface area contributed by atoms with E-state index in [0.717, 1.165) is 38.8 Å². The van der Waals surface area contributed by atoms with E-state index in [1.165, 1.54) is 6.42 Å². The Morgan fingerprint density at radius 2 is 1.85 bits per heavy atom. The van der Waals surface area contributed by atoms with Crippen molar-refractivity contribution in [1.29, 1.82) is 0 Å². The number of amides is 2. The number of fused-ring (bicyclic) bond motifs is 1. The monoisotopic (exact) mass is 379 g/mol. The Morgan fingerprint density at radius 3 is 2.58 bits per heavy atom. The standard InChI is InChI=1S/C20H29N3O2.ClH/c1-2-21-12-13-22-19(24)18-14-16-10-6-7-11-17(16)23(18)20(25)15-8-4-3-5-9-15;/h3-5,8-9,16-18,21H,2,6-7,10-14H2,1H3,(H,22,24);1H. The van der Waals surface area contributed by atoms with Crippen LogP contribution in [-0.4, -0.2) is 48.4 Å². The van der Waals surface area contributed by atoms with E-state index in [1.807, 2.05) is 42.2 Å². The third kappa shape index (κ3) is 4.57. The van der Waals surface area contributed by atoms with Crippen LogP contribution in [0.5, 0.6) is 0 Å². The third-order valence-electron chi connectivity index (χ3n) is 5.50. The number of halogens is 1. The minimum Gasteiger partial charge on any atom is -0.353 e. The van der Waals surface area contributed by atoms with Crippen molar-refractivity contribution in [2.45, 2.75) is 51.1 Å². The first-order valence-electron chi connectivity index (χ1n) is 9.58. The van der Waals surface area contributed by atoms with Crippen molar-refractivity contribution in [3.8, 4) is 0 Å². The lowest BCUT2D eigenvalue weighted by atomic mass is 9.84. The van der Waals surface area contributed by atoms with E-state index < -0.39 is 0 Å². The Morgan fingerprint density at radius 1 is 1.12 bits per heavy atom. The molecule has 144 valence electrons. The number of carbonyl (C=O) groups excluding carboxylic acids is 2. The smallest absolute Gasteiger partial charge is 0.254 e. The van der Waals surface area contributed by atoms with Crippen LogP contribution in [0.2, 0.25) is 0 Å².